The third-order valence-electron chi connectivity index (χ3n) is 6.46. The molecule has 3 N–H and O–H groups in total. The van der Waals surface area contributed by atoms with Gasteiger partial charge in [0.2, 0.25) is 15.9 Å². The van der Waals surface area contributed by atoms with Gasteiger partial charge in [-0.25, -0.2) is 28.1 Å². The van der Waals surface area contributed by atoms with Crippen molar-refractivity contribution in [1.29, 1.82) is 0 Å². The molecule has 0 aliphatic carbocycles. The van der Waals surface area contributed by atoms with Gasteiger partial charge in [-0.15, -0.1) is 0 Å². The number of anilines is 3. The van der Waals surface area contributed by atoms with Crippen LogP contribution in [0.25, 0.3) is 0 Å². The van der Waals surface area contributed by atoms with Crippen LogP contribution in [0, 0.1) is 6.92 Å². The molecule has 0 radical (unpaired) electrons. The van der Waals surface area contributed by atoms with Gasteiger partial charge in [-0.1, -0.05) is 46.4 Å². The van der Waals surface area contributed by atoms with Crippen molar-refractivity contribution >= 4 is 108 Å². The van der Waals surface area contributed by atoms with Gasteiger partial charge in [-0.2, -0.15) is 0 Å². The first kappa shape index (κ1) is 34.5. The molecule has 0 aromatic heterocycles. The minimum atomic E-state index is -3.31. The number of amides is 2. The summed E-state index contributed by atoms with van der Waals surface area (Å²) in [5.74, 6) is -0.886. The quantitative estimate of drug-likeness (QED) is 0.226. The number of aliphatic imine (C=N–C) groups is 2. The van der Waals surface area contributed by atoms with E-state index < -0.39 is 15.9 Å². The van der Waals surface area contributed by atoms with Crippen LogP contribution >= 0.6 is 46.4 Å². The predicted molar refractivity (Wildman–Crippen MR) is 184 cm³/mol. The highest BCUT2D eigenvalue weighted by Gasteiger charge is 2.37. The molecule has 0 unspecified atom stereocenters. The first-order chi connectivity index (χ1) is 21.2. The molecular formula is C29H29Cl4N7O4S. The largest absolute Gasteiger partial charge is 0.370 e. The van der Waals surface area contributed by atoms with Gasteiger partial charge in [0, 0.05) is 42.3 Å². The van der Waals surface area contributed by atoms with E-state index in [2.05, 4.69) is 20.5 Å². The van der Waals surface area contributed by atoms with Crippen molar-refractivity contribution in [2.75, 3.05) is 41.1 Å². The van der Waals surface area contributed by atoms with Crippen LogP contribution in [0.2, 0.25) is 20.1 Å². The molecule has 16 heteroatoms. The number of likely N-dealkylation sites (N-methyl/N-ethyl adjacent to an activating group) is 1. The van der Waals surface area contributed by atoms with Crippen molar-refractivity contribution in [3.05, 3.63) is 74.2 Å². The molecule has 4 rings (SSSR count). The average molecular weight is 713 g/mol. The van der Waals surface area contributed by atoms with E-state index >= 15 is 0 Å². The van der Waals surface area contributed by atoms with E-state index in [1.807, 2.05) is 30.9 Å². The highest BCUT2D eigenvalue weighted by Crippen LogP contribution is 2.38. The number of hydrogen-bond donors (Lipinski definition) is 3. The van der Waals surface area contributed by atoms with Gasteiger partial charge in [0.25, 0.3) is 5.91 Å². The second-order valence-electron chi connectivity index (χ2n) is 9.95. The molecule has 3 aromatic carbocycles. The van der Waals surface area contributed by atoms with Crippen molar-refractivity contribution in [3.63, 3.8) is 0 Å². The number of carbonyl (C=O) groups excluding carboxylic acids is 2. The molecule has 1 saturated heterocycles. The van der Waals surface area contributed by atoms with E-state index in [4.69, 9.17) is 51.4 Å². The van der Waals surface area contributed by atoms with Crippen LogP contribution < -0.4 is 25.4 Å². The Morgan fingerprint density at radius 2 is 1.67 bits per heavy atom. The zero-order valence-corrected chi connectivity index (χ0v) is 28.4. The Balaban J connectivity index is 1.79. The first-order valence-corrected chi connectivity index (χ1v) is 16.9. The van der Waals surface area contributed by atoms with Crippen LogP contribution in [0.1, 0.15) is 19.4 Å². The van der Waals surface area contributed by atoms with Gasteiger partial charge in [-0.3, -0.25) is 15.0 Å². The van der Waals surface area contributed by atoms with Crippen LogP contribution in [0.15, 0.2) is 58.5 Å². The van der Waals surface area contributed by atoms with Crippen molar-refractivity contribution < 1.29 is 18.0 Å². The highest BCUT2D eigenvalue weighted by atomic mass is 35.5. The summed E-state index contributed by atoms with van der Waals surface area (Å²) < 4.78 is 25.5. The molecule has 45 heavy (non-hydrogen) atoms. The van der Waals surface area contributed by atoms with Gasteiger partial charge in [0.1, 0.15) is 5.69 Å². The molecule has 1 aliphatic heterocycles. The molecule has 1 fully saturated rings. The Morgan fingerprint density at radius 3 is 2.27 bits per heavy atom. The number of hydrazine groups is 1. The number of halogens is 4. The molecule has 3 aromatic rings. The predicted octanol–water partition coefficient (Wildman–Crippen LogP) is 6.30. The molecule has 0 bridgehead atoms. The minimum Gasteiger partial charge on any atom is -0.370 e. The Kier molecular flexibility index (Phi) is 11.0. The van der Waals surface area contributed by atoms with E-state index in [9.17, 15) is 18.0 Å². The first-order valence-electron chi connectivity index (χ1n) is 13.5. The minimum absolute atomic E-state index is 0.0430. The number of nitrogens with zero attached hydrogens (tertiary/aromatic N) is 4. The van der Waals surface area contributed by atoms with E-state index in [1.165, 1.54) is 25.1 Å². The van der Waals surface area contributed by atoms with Crippen molar-refractivity contribution in [1.82, 2.24) is 10.1 Å². The third-order valence-corrected chi connectivity index (χ3v) is 8.22. The number of amidine groups is 1. The summed E-state index contributed by atoms with van der Waals surface area (Å²) in [4.78, 5) is 37.1. The number of benzene rings is 3. The molecule has 238 valence electrons. The summed E-state index contributed by atoms with van der Waals surface area (Å²) >= 11 is 25.3. The number of aryl methyl sites for hydroxylation is 1. The van der Waals surface area contributed by atoms with E-state index in [1.54, 1.807) is 18.2 Å². The lowest BCUT2D eigenvalue weighted by molar-refractivity contribution is -0.114. The van der Waals surface area contributed by atoms with Gasteiger partial charge in [0.15, 0.2) is 11.5 Å². The Hall–Kier alpha value is -3.39. The van der Waals surface area contributed by atoms with E-state index in [-0.39, 0.29) is 50.4 Å². The van der Waals surface area contributed by atoms with E-state index in [0.29, 0.717) is 29.5 Å². The van der Waals surface area contributed by atoms with Gasteiger partial charge >= 0.3 is 0 Å². The fraction of sp³-hybridized carbons (Fsp3) is 0.241. The summed E-state index contributed by atoms with van der Waals surface area (Å²) in [6, 6.07) is 13.1. The normalized spacial score (nSPS) is 15.1. The lowest BCUT2D eigenvalue weighted by atomic mass is 10.1. The Bertz CT molecular complexity index is 1810. The summed E-state index contributed by atoms with van der Waals surface area (Å²) in [7, 11) is -3.31. The van der Waals surface area contributed by atoms with Gasteiger partial charge in [-0.05, 0) is 67.9 Å². The summed E-state index contributed by atoms with van der Waals surface area (Å²) in [5.41, 5.74) is 5.72. The van der Waals surface area contributed by atoms with Crippen LogP contribution in [0.3, 0.4) is 0 Å². The number of carbonyl (C=O) groups is 2. The zero-order chi connectivity index (χ0) is 33.1. The van der Waals surface area contributed by atoms with Crippen molar-refractivity contribution in [3.8, 4) is 0 Å². The maximum Gasteiger partial charge on any atom is 0.299 e. The molecule has 0 saturated carbocycles. The van der Waals surface area contributed by atoms with Gasteiger partial charge in [0.05, 0.1) is 33.4 Å². The lowest BCUT2D eigenvalue weighted by Crippen LogP contribution is -2.36. The maximum absolute atomic E-state index is 13.9. The average Bonchev–Trinajstić information content (AvgIpc) is 3.22. The smallest absolute Gasteiger partial charge is 0.299 e. The van der Waals surface area contributed by atoms with Crippen LogP contribution in [0.5, 0.6) is 0 Å². The zero-order valence-electron chi connectivity index (χ0n) is 24.6. The van der Waals surface area contributed by atoms with Gasteiger partial charge < -0.3 is 10.2 Å². The molecule has 1 aliphatic rings. The summed E-state index contributed by atoms with van der Waals surface area (Å²) in [6.07, 6.45) is 1.11. The molecule has 0 spiro atoms. The summed E-state index contributed by atoms with van der Waals surface area (Å²) in [5, 5.41) is 4.69. The topological polar surface area (TPSA) is 136 Å². The number of sulfonamides is 1. The fourth-order valence-electron chi connectivity index (χ4n) is 4.43. The Labute approximate surface area is 281 Å². The number of hydrogen-bond acceptors (Lipinski definition) is 7. The van der Waals surface area contributed by atoms with E-state index in [0.717, 1.165) is 22.5 Å². The standard InChI is InChI=1S/C29H29Cl4N7O4S/c1-5-39(11-10-34-45(4,43)44)20-7-9-23(16(2)12-20)36-26-28(37-25-15-18(30)6-8-24(25)35-17(3)41)38-40(29(26)42)27-21(32)13-19(31)14-22(27)33/h6-9,12-15,34H,5,10-11H2,1-4H3,(H,35,41)(H,37,38). The fourth-order valence-corrected chi connectivity index (χ4v) is 6.05. The molecule has 2 amide bonds. The molecule has 1 heterocycles. The summed E-state index contributed by atoms with van der Waals surface area (Å²) in [6.45, 7) is 6.48. The monoisotopic (exact) mass is 711 g/mol. The highest BCUT2D eigenvalue weighted by molar-refractivity contribution is 7.88. The van der Waals surface area contributed by atoms with Crippen LogP contribution in [-0.4, -0.2) is 57.7 Å². The Morgan fingerprint density at radius 1 is 0.978 bits per heavy atom. The molecule has 0 atom stereocenters. The molecule has 11 nitrogen and oxygen atoms in total. The third kappa shape index (κ3) is 8.66. The number of nitrogens with one attached hydrogen (secondary N) is 3. The lowest BCUT2D eigenvalue weighted by Gasteiger charge is -2.23. The molecular weight excluding hydrogens is 684 g/mol. The van der Waals surface area contributed by atoms with Crippen molar-refractivity contribution in [2.24, 2.45) is 9.98 Å². The maximum atomic E-state index is 13.9. The van der Waals surface area contributed by atoms with Crippen molar-refractivity contribution in [2.45, 2.75) is 20.8 Å². The second-order valence-corrected chi connectivity index (χ2v) is 13.5. The SMILES string of the molecule is CCN(CCNS(C)(=O)=O)c1ccc(N=C2C(=O)N(c3c(Cl)cc(Cl)cc3Cl)NC2=Nc2cc(Cl)ccc2NC(C)=O)c(C)c1. The van der Waals surface area contributed by atoms with Crippen LogP contribution in [0.4, 0.5) is 28.4 Å². The number of rotatable bonds is 10. The second kappa shape index (κ2) is 14.4. The van der Waals surface area contributed by atoms with Crippen LogP contribution in [-0.2, 0) is 19.6 Å².